The molecule has 0 heterocycles. The molecule has 0 aromatic rings. The number of rotatable bonds is 51. The minimum Gasteiger partial charge on any atom is -0.462 e. The van der Waals surface area contributed by atoms with E-state index in [-0.39, 0.29) is 24.9 Å². The predicted octanol–water partition coefficient (Wildman–Crippen LogP) is 17.2. The summed E-state index contributed by atoms with van der Waals surface area (Å²) in [6.07, 6.45) is 62.1. The number of nitrogens with one attached hydrogen (secondary N) is 1. The summed E-state index contributed by atoms with van der Waals surface area (Å²) in [4.78, 5) is 26.2. The summed E-state index contributed by atoms with van der Waals surface area (Å²) in [5, 5.41) is 23.8. The quantitative estimate of drug-likeness (QED) is 0.0321. The molecule has 376 valence electrons. The number of hydrogen-bond donors (Lipinski definition) is 3. The molecule has 64 heavy (non-hydrogen) atoms. The van der Waals surface area contributed by atoms with Crippen LogP contribution >= 0.6 is 0 Å². The van der Waals surface area contributed by atoms with Gasteiger partial charge in [0.2, 0.25) is 5.91 Å². The highest BCUT2D eigenvalue weighted by atomic mass is 16.5. The van der Waals surface area contributed by atoms with Crippen LogP contribution in [0.3, 0.4) is 0 Å². The highest BCUT2D eigenvalue weighted by Crippen LogP contribution is 2.18. The van der Waals surface area contributed by atoms with Crippen LogP contribution in [0, 0.1) is 0 Å². The molecular weight excluding hydrogens is 791 g/mol. The van der Waals surface area contributed by atoms with Crippen LogP contribution in [0.5, 0.6) is 0 Å². The zero-order valence-corrected chi connectivity index (χ0v) is 42.9. The maximum atomic E-state index is 13.2. The number of carbonyl (C=O) groups excluding carboxylic acids is 2. The average Bonchev–Trinajstić information content (AvgIpc) is 3.29. The third-order valence-corrected chi connectivity index (χ3v) is 12.9. The van der Waals surface area contributed by atoms with Gasteiger partial charge in [0.15, 0.2) is 0 Å². The van der Waals surface area contributed by atoms with Gasteiger partial charge in [0, 0.05) is 6.42 Å². The third-order valence-electron chi connectivity index (χ3n) is 12.9. The minimum absolute atomic E-state index is 0.0560. The van der Waals surface area contributed by atoms with E-state index >= 15 is 0 Å². The fourth-order valence-corrected chi connectivity index (χ4v) is 8.64. The molecule has 0 spiro atoms. The number of aliphatic hydroxyl groups excluding tert-OH is 2. The summed E-state index contributed by atoms with van der Waals surface area (Å²) in [6, 6.07) is -0.710. The summed E-state index contributed by atoms with van der Waals surface area (Å²) in [5.74, 6) is -0.501. The summed E-state index contributed by atoms with van der Waals surface area (Å²) in [7, 11) is 0. The lowest BCUT2D eigenvalue weighted by Crippen LogP contribution is -2.46. The Balaban J connectivity index is 4.47. The predicted molar refractivity (Wildman–Crippen MR) is 278 cm³/mol. The molecule has 3 N–H and O–H groups in total. The number of aliphatic hydroxyl groups is 2. The lowest BCUT2D eigenvalue weighted by atomic mass is 10.0. The number of unbranched alkanes of at least 4 members (excludes halogenated alkanes) is 33. The number of ether oxygens (including phenoxy) is 1. The highest BCUT2D eigenvalue weighted by Gasteiger charge is 2.24. The van der Waals surface area contributed by atoms with Gasteiger partial charge in [0.05, 0.1) is 25.2 Å². The SMILES string of the molecule is CCCCC/C=C\C/C=C\CCCCCCCCCC(=O)OC(CCC/C=C\CCCCCCCC)CC(=O)NC(CO)C(O)CCCCCCCCCCCCCCCCCCC. The Labute approximate surface area is 398 Å². The van der Waals surface area contributed by atoms with Crippen LogP contribution in [-0.2, 0) is 14.3 Å². The molecule has 3 atom stereocenters. The molecule has 0 bridgehead atoms. The smallest absolute Gasteiger partial charge is 0.306 e. The molecule has 0 aliphatic carbocycles. The molecule has 6 heteroatoms. The molecule has 0 aromatic heterocycles. The van der Waals surface area contributed by atoms with Gasteiger partial charge >= 0.3 is 5.97 Å². The molecule has 0 aliphatic heterocycles. The van der Waals surface area contributed by atoms with E-state index < -0.39 is 18.2 Å². The summed E-state index contributed by atoms with van der Waals surface area (Å²) in [6.45, 7) is 6.47. The lowest BCUT2D eigenvalue weighted by molar-refractivity contribution is -0.151. The van der Waals surface area contributed by atoms with Crippen LogP contribution < -0.4 is 5.32 Å². The van der Waals surface area contributed by atoms with Gasteiger partial charge in [0.25, 0.3) is 0 Å². The van der Waals surface area contributed by atoms with Gasteiger partial charge in [-0.3, -0.25) is 9.59 Å². The van der Waals surface area contributed by atoms with Gasteiger partial charge < -0.3 is 20.3 Å². The van der Waals surface area contributed by atoms with Crippen LogP contribution in [0.4, 0.5) is 0 Å². The lowest BCUT2D eigenvalue weighted by Gasteiger charge is -2.24. The Morgan fingerprint density at radius 2 is 0.812 bits per heavy atom. The monoisotopic (exact) mass is 900 g/mol. The van der Waals surface area contributed by atoms with E-state index in [9.17, 15) is 19.8 Å². The zero-order chi connectivity index (χ0) is 46.7. The fraction of sp³-hybridized carbons (Fsp3) is 0.862. The number of hydrogen-bond acceptors (Lipinski definition) is 5. The van der Waals surface area contributed by atoms with Crippen molar-refractivity contribution in [3.8, 4) is 0 Å². The van der Waals surface area contributed by atoms with E-state index in [0.717, 1.165) is 70.6 Å². The maximum Gasteiger partial charge on any atom is 0.306 e. The van der Waals surface area contributed by atoms with Crippen molar-refractivity contribution in [1.29, 1.82) is 0 Å². The second-order valence-electron chi connectivity index (χ2n) is 19.3. The van der Waals surface area contributed by atoms with E-state index in [2.05, 4.69) is 62.5 Å². The van der Waals surface area contributed by atoms with E-state index in [1.165, 1.54) is 180 Å². The van der Waals surface area contributed by atoms with Crippen molar-refractivity contribution in [1.82, 2.24) is 5.32 Å². The number of amides is 1. The molecule has 6 nitrogen and oxygen atoms in total. The van der Waals surface area contributed by atoms with Crippen LogP contribution in [0.1, 0.15) is 297 Å². The first-order valence-electron chi connectivity index (χ1n) is 28.2. The summed E-state index contributed by atoms with van der Waals surface area (Å²) < 4.78 is 5.92. The molecule has 0 aromatic carbocycles. The van der Waals surface area contributed by atoms with Crippen molar-refractivity contribution in [3.05, 3.63) is 36.5 Å². The molecule has 0 radical (unpaired) electrons. The Morgan fingerprint density at radius 3 is 1.27 bits per heavy atom. The van der Waals surface area contributed by atoms with Crippen molar-refractivity contribution < 1.29 is 24.5 Å². The number of carbonyl (C=O) groups is 2. The van der Waals surface area contributed by atoms with E-state index in [1.807, 2.05) is 0 Å². The fourth-order valence-electron chi connectivity index (χ4n) is 8.64. The third kappa shape index (κ3) is 46.6. The van der Waals surface area contributed by atoms with Crippen molar-refractivity contribution in [3.63, 3.8) is 0 Å². The summed E-state index contributed by atoms with van der Waals surface area (Å²) in [5.41, 5.74) is 0. The highest BCUT2D eigenvalue weighted by molar-refractivity contribution is 5.77. The molecule has 0 aliphatic rings. The molecule has 0 saturated carbocycles. The first-order valence-corrected chi connectivity index (χ1v) is 28.2. The van der Waals surface area contributed by atoms with Gasteiger partial charge in [-0.2, -0.15) is 0 Å². The normalized spacial score (nSPS) is 13.4. The molecule has 0 rings (SSSR count). The van der Waals surface area contributed by atoms with Gasteiger partial charge in [0.1, 0.15) is 6.10 Å². The second-order valence-corrected chi connectivity index (χ2v) is 19.3. The van der Waals surface area contributed by atoms with Gasteiger partial charge in [-0.15, -0.1) is 0 Å². The van der Waals surface area contributed by atoms with Crippen molar-refractivity contribution >= 4 is 11.9 Å². The van der Waals surface area contributed by atoms with E-state index in [1.54, 1.807) is 0 Å². The minimum atomic E-state index is -0.794. The van der Waals surface area contributed by atoms with Crippen LogP contribution in [0.2, 0.25) is 0 Å². The molecule has 3 unspecified atom stereocenters. The van der Waals surface area contributed by atoms with Gasteiger partial charge in [-0.05, 0) is 77.0 Å². The Kier molecular flexibility index (Phi) is 50.5. The van der Waals surface area contributed by atoms with Crippen LogP contribution in [0.15, 0.2) is 36.5 Å². The summed E-state index contributed by atoms with van der Waals surface area (Å²) >= 11 is 0. The maximum absolute atomic E-state index is 13.2. The van der Waals surface area contributed by atoms with Crippen molar-refractivity contribution in [2.24, 2.45) is 0 Å². The average molecular weight is 901 g/mol. The Hall–Kier alpha value is -1.92. The van der Waals surface area contributed by atoms with Crippen LogP contribution in [0.25, 0.3) is 0 Å². The standard InChI is InChI=1S/C58H109NO5/c1-4-7-10-13-16-19-22-24-26-28-30-32-35-38-41-44-47-50-56(61)55(53-60)59-57(62)52-54(49-46-43-40-37-34-21-18-15-12-9-6-3)64-58(63)51-48-45-42-39-36-33-31-29-27-25-23-20-17-14-11-8-5-2/h17,20,25,27,37,40,54-56,60-61H,4-16,18-19,21-24,26,28-36,38-39,41-53H2,1-3H3,(H,59,62)/b20-17-,27-25-,40-37-. The Bertz CT molecular complexity index is 1060. The number of allylic oxidation sites excluding steroid dienone is 6. The largest absolute Gasteiger partial charge is 0.462 e. The Morgan fingerprint density at radius 1 is 0.453 bits per heavy atom. The molecule has 1 amide bonds. The number of esters is 1. The first kappa shape index (κ1) is 62.1. The van der Waals surface area contributed by atoms with Gasteiger partial charge in [-0.25, -0.2) is 0 Å². The van der Waals surface area contributed by atoms with Crippen LogP contribution in [-0.4, -0.2) is 46.9 Å². The molecule has 0 fully saturated rings. The van der Waals surface area contributed by atoms with E-state index in [4.69, 9.17) is 4.74 Å². The second kappa shape index (κ2) is 52.1. The molecular formula is C58H109NO5. The van der Waals surface area contributed by atoms with E-state index in [0.29, 0.717) is 19.3 Å². The zero-order valence-electron chi connectivity index (χ0n) is 42.9. The topological polar surface area (TPSA) is 95.9 Å². The van der Waals surface area contributed by atoms with Gasteiger partial charge in [-0.1, -0.05) is 243 Å². The van der Waals surface area contributed by atoms with Crippen molar-refractivity contribution in [2.45, 2.75) is 315 Å². The van der Waals surface area contributed by atoms with Crippen molar-refractivity contribution in [2.75, 3.05) is 6.61 Å². The molecule has 0 saturated heterocycles. The first-order chi connectivity index (χ1) is 31.5.